The van der Waals surface area contributed by atoms with Gasteiger partial charge in [-0.05, 0) is 113 Å². The third-order valence-electron chi connectivity index (χ3n) is 12.9. The number of ether oxygens (including phenoxy) is 3. The lowest BCUT2D eigenvalue weighted by atomic mass is 9.93. The highest BCUT2D eigenvalue weighted by Gasteiger charge is 2.27. The largest absolute Gasteiger partial charge is 0.490 e. The zero-order chi connectivity index (χ0) is 45.1. The van der Waals surface area contributed by atoms with Crippen molar-refractivity contribution >= 4 is 40.6 Å². The number of piperidine rings is 2. The summed E-state index contributed by atoms with van der Waals surface area (Å²) in [5.74, 6) is 2.97. The number of pyridine rings is 1. The van der Waals surface area contributed by atoms with Crippen LogP contribution in [0.2, 0.25) is 5.02 Å². The van der Waals surface area contributed by atoms with Crippen molar-refractivity contribution < 1.29 is 24.1 Å². The van der Waals surface area contributed by atoms with Crippen molar-refractivity contribution in [3.05, 3.63) is 94.0 Å². The number of aliphatic hydroxyl groups excluding tert-OH is 1. The number of carbonyl (C=O) groups excluding carboxylic acids is 1. The molecule has 2 saturated heterocycles. The second-order valence-electron chi connectivity index (χ2n) is 17.2. The molecule has 2 atom stereocenters. The Bertz CT molecular complexity index is 2380. The molecule has 8 rings (SSSR count). The van der Waals surface area contributed by atoms with Crippen LogP contribution in [0, 0.1) is 11.3 Å². The average Bonchev–Trinajstić information content (AvgIpc) is 3.77. The van der Waals surface area contributed by atoms with E-state index in [1.54, 1.807) is 24.3 Å². The lowest BCUT2D eigenvalue weighted by molar-refractivity contribution is -0.0255. The highest BCUT2D eigenvalue weighted by atomic mass is 35.5. The lowest BCUT2D eigenvalue weighted by Gasteiger charge is -2.36. The van der Waals surface area contributed by atoms with E-state index in [2.05, 4.69) is 60.9 Å². The molecule has 17 heteroatoms. The van der Waals surface area contributed by atoms with Crippen molar-refractivity contribution in [2.24, 2.45) is 0 Å². The molecule has 1 aliphatic carbocycles. The normalized spacial score (nSPS) is 19.8. The van der Waals surface area contributed by atoms with E-state index in [4.69, 9.17) is 41.0 Å². The number of nitrogens with zero attached hydrogens (tertiary/aromatic N) is 9. The molecule has 2 unspecified atom stereocenters. The molecule has 0 radical (unpaired) electrons. The van der Waals surface area contributed by atoms with E-state index in [-0.39, 0.29) is 42.9 Å². The van der Waals surface area contributed by atoms with Crippen LogP contribution in [0.15, 0.2) is 60.9 Å². The van der Waals surface area contributed by atoms with Crippen LogP contribution in [0.5, 0.6) is 5.75 Å². The van der Waals surface area contributed by atoms with Crippen LogP contribution in [-0.2, 0) is 22.4 Å². The summed E-state index contributed by atoms with van der Waals surface area (Å²) in [4.78, 5) is 27.3. The van der Waals surface area contributed by atoms with Crippen molar-refractivity contribution in [1.82, 2.24) is 35.1 Å². The van der Waals surface area contributed by atoms with Crippen LogP contribution in [0.3, 0.4) is 0 Å². The van der Waals surface area contributed by atoms with E-state index in [1.165, 1.54) is 6.42 Å². The van der Waals surface area contributed by atoms with Crippen LogP contribution in [0.1, 0.15) is 117 Å². The summed E-state index contributed by atoms with van der Waals surface area (Å²) in [6.45, 7) is 8.33. The number of nitrogens with one attached hydrogen (secondary N) is 2. The fraction of sp³-hybridized carbons (Fsp3) is 0.521. The van der Waals surface area contributed by atoms with Gasteiger partial charge in [0, 0.05) is 68.8 Å². The maximum atomic E-state index is 13.0. The second-order valence-corrected chi connectivity index (χ2v) is 17.6. The molecule has 65 heavy (non-hydrogen) atoms. The number of carbonyl (C=O) groups is 1. The topological polar surface area (TPSA) is 188 Å². The summed E-state index contributed by atoms with van der Waals surface area (Å²) in [5.41, 5.74) is 4.59. The van der Waals surface area contributed by atoms with Crippen molar-refractivity contribution in [2.45, 2.75) is 121 Å². The van der Waals surface area contributed by atoms with Gasteiger partial charge in [0.25, 0.3) is 5.91 Å². The van der Waals surface area contributed by atoms with Crippen molar-refractivity contribution in [1.29, 1.82) is 5.26 Å². The molecule has 6 heterocycles. The fourth-order valence-electron chi connectivity index (χ4n) is 9.07. The predicted molar refractivity (Wildman–Crippen MR) is 249 cm³/mol. The standard InChI is InChI=1S/C48H60ClN11O5/c1-3-34-31-53-60-45(27-46(55-47(34)60)59-20-5-4-6-37(59)19-23-61)52-30-33-7-14-42(51-29-33)32(2)63-24-25-64-38-17-21-58(22-18-38)44-16-15-43(56-57-44)48(62)54-36-9-12-39(13-10-36)65-40-11-8-35(28-50)41(49)26-40/h7-8,11,14-16,26-27,29,31-32,36-39,52,61H,3-6,9-10,12-13,17-25,30H2,1-2H3,(H,54,62). The monoisotopic (exact) mass is 905 g/mol. The van der Waals surface area contributed by atoms with Gasteiger partial charge in [0.05, 0.1) is 54.0 Å². The highest BCUT2D eigenvalue weighted by molar-refractivity contribution is 6.31. The Hall–Kier alpha value is -5.60. The van der Waals surface area contributed by atoms with Gasteiger partial charge in [-0.3, -0.25) is 9.78 Å². The fourth-order valence-corrected chi connectivity index (χ4v) is 9.28. The van der Waals surface area contributed by atoms with Gasteiger partial charge in [0.15, 0.2) is 17.2 Å². The van der Waals surface area contributed by atoms with E-state index in [0.717, 1.165) is 124 Å². The van der Waals surface area contributed by atoms with Gasteiger partial charge < -0.3 is 39.8 Å². The lowest BCUT2D eigenvalue weighted by Crippen LogP contribution is -2.40. The maximum absolute atomic E-state index is 13.0. The third kappa shape index (κ3) is 11.6. The van der Waals surface area contributed by atoms with Gasteiger partial charge in [-0.1, -0.05) is 24.6 Å². The van der Waals surface area contributed by atoms with Crippen molar-refractivity contribution in [2.75, 3.05) is 54.6 Å². The van der Waals surface area contributed by atoms with Gasteiger partial charge in [0.2, 0.25) is 0 Å². The number of aryl methyl sites for hydroxylation is 1. The molecule has 3 fully saturated rings. The Morgan fingerprint density at radius 2 is 1.80 bits per heavy atom. The first-order chi connectivity index (χ1) is 31.8. The van der Waals surface area contributed by atoms with Crippen LogP contribution in [-0.4, -0.2) is 105 Å². The molecule has 1 aromatic carbocycles. The Labute approximate surface area is 385 Å². The molecule has 344 valence electrons. The van der Waals surface area contributed by atoms with Gasteiger partial charge in [-0.15, -0.1) is 10.2 Å². The van der Waals surface area contributed by atoms with Crippen LogP contribution >= 0.6 is 11.6 Å². The minimum absolute atomic E-state index is 0.0247. The van der Waals surface area contributed by atoms with E-state index in [0.29, 0.717) is 41.8 Å². The molecule has 0 bridgehead atoms. The number of rotatable bonds is 18. The highest BCUT2D eigenvalue weighted by Crippen LogP contribution is 2.30. The molecule has 16 nitrogen and oxygen atoms in total. The number of nitriles is 1. The Balaban J connectivity index is 0.729. The first-order valence-corrected chi connectivity index (χ1v) is 23.6. The minimum atomic E-state index is -0.226. The molecule has 1 saturated carbocycles. The molecular weight excluding hydrogens is 846 g/mol. The van der Waals surface area contributed by atoms with E-state index in [9.17, 15) is 9.90 Å². The number of amides is 1. The maximum Gasteiger partial charge on any atom is 0.272 e. The number of fused-ring (bicyclic) bond motifs is 1. The molecule has 3 aliphatic rings. The molecule has 5 aromatic rings. The van der Waals surface area contributed by atoms with Crippen molar-refractivity contribution in [3.63, 3.8) is 0 Å². The average molecular weight is 907 g/mol. The van der Waals surface area contributed by atoms with E-state index >= 15 is 0 Å². The zero-order valence-electron chi connectivity index (χ0n) is 37.4. The van der Waals surface area contributed by atoms with Crippen molar-refractivity contribution in [3.8, 4) is 11.8 Å². The number of hydrogen-bond acceptors (Lipinski definition) is 14. The SMILES string of the molecule is CCc1cnn2c(NCc3ccc(C(C)OCCOC4CCN(c5ccc(C(=O)NC6CCC(Oc7ccc(C#N)c(Cl)c7)CC6)nn5)CC4)nc3)cc(N3CCCCC3CCO)nc12. The van der Waals surface area contributed by atoms with Crippen LogP contribution in [0.25, 0.3) is 5.65 Å². The zero-order valence-corrected chi connectivity index (χ0v) is 38.1. The number of halogens is 1. The van der Waals surface area contributed by atoms with Gasteiger partial charge in [-0.2, -0.15) is 14.9 Å². The van der Waals surface area contributed by atoms with Gasteiger partial charge in [-0.25, -0.2) is 4.98 Å². The number of benzene rings is 1. The smallest absolute Gasteiger partial charge is 0.272 e. The Morgan fingerprint density at radius 1 is 0.954 bits per heavy atom. The number of aliphatic hydroxyl groups is 1. The number of aromatic nitrogens is 6. The predicted octanol–water partition coefficient (Wildman–Crippen LogP) is 7.24. The Kier molecular flexibility index (Phi) is 15.6. The molecule has 1 amide bonds. The Morgan fingerprint density at radius 3 is 2.52 bits per heavy atom. The summed E-state index contributed by atoms with van der Waals surface area (Å²) < 4.78 is 20.3. The van der Waals surface area contributed by atoms with Crippen LogP contribution in [0.4, 0.5) is 17.5 Å². The quantitative estimate of drug-likeness (QED) is 0.0747. The first-order valence-electron chi connectivity index (χ1n) is 23.2. The van der Waals surface area contributed by atoms with Crippen LogP contribution < -0.4 is 25.2 Å². The molecule has 3 N–H and O–H groups in total. The second kappa shape index (κ2) is 22.1. The molecular formula is C48H60ClN11O5. The minimum Gasteiger partial charge on any atom is -0.490 e. The first kappa shape index (κ1) is 45.9. The molecule has 2 aliphatic heterocycles. The summed E-state index contributed by atoms with van der Waals surface area (Å²) in [7, 11) is 0. The summed E-state index contributed by atoms with van der Waals surface area (Å²) in [6, 6.07) is 17.3. The summed E-state index contributed by atoms with van der Waals surface area (Å²) in [5, 5.41) is 39.2. The molecule has 0 spiro atoms. The third-order valence-corrected chi connectivity index (χ3v) is 13.2. The van der Waals surface area contributed by atoms with Gasteiger partial charge >= 0.3 is 0 Å². The van der Waals surface area contributed by atoms with Gasteiger partial charge in [0.1, 0.15) is 23.5 Å². The van der Waals surface area contributed by atoms with E-state index < -0.39 is 0 Å². The van der Waals surface area contributed by atoms with E-state index in [1.807, 2.05) is 36.0 Å². The molecule has 4 aromatic heterocycles. The summed E-state index contributed by atoms with van der Waals surface area (Å²) >= 11 is 6.16. The number of anilines is 3. The summed E-state index contributed by atoms with van der Waals surface area (Å²) in [6.07, 6.45) is 13.6. The number of hydrogen-bond donors (Lipinski definition) is 3.